The van der Waals surface area contributed by atoms with Gasteiger partial charge in [-0.15, -0.1) is 0 Å². The van der Waals surface area contributed by atoms with Crippen LogP contribution >= 0.6 is 0 Å². The van der Waals surface area contributed by atoms with E-state index >= 15 is 0 Å². The van der Waals surface area contributed by atoms with Crippen molar-refractivity contribution in [3.05, 3.63) is 152 Å². The smallest absolute Gasteiger partial charge is 0.297 e. The minimum Gasteiger partial charge on any atom is -0.306 e. The lowest BCUT2D eigenvalue weighted by Crippen LogP contribution is -2.31. The average molecular weight is 783 g/mol. The summed E-state index contributed by atoms with van der Waals surface area (Å²) in [4.78, 5) is 67.2. The molecule has 2 aliphatic rings. The van der Waals surface area contributed by atoms with Crippen molar-refractivity contribution in [3.63, 3.8) is 0 Å². The van der Waals surface area contributed by atoms with Gasteiger partial charge < -0.3 is 9.80 Å². The highest BCUT2D eigenvalue weighted by atomic mass is 19.1. The highest BCUT2D eigenvalue weighted by molar-refractivity contribution is 6.55. The largest absolute Gasteiger partial charge is 0.306 e. The van der Waals surface area contributed by atoms with Crippen molar-refractivity contribution in [3.8, 4) is 11.4 Å². The van der Waals surface area contributed by atoms with Gasteiger partial charge in [0.15, 0.2) is 11.4 Å². The summed E-state index contributed by atoms with van der Waals surface area (Å²) in [6.07, 6.45) is 2.46. The Kier molecular flexibility index (Phi) is 9.93. The van der Waals surface area contributed by atoms with Crippen LogP contribution in [-0.2, 0) is 23.7 Å². The zero-order chi connectivity index (χ0) is 40.8. The molecule has 0 aliphatic carbocycles. The van der Waals surface area contributed by atoms with E-state index in [1.807, 2.05) is 60.7 Å². The SMILES string of the molecule is Cc1c(N=C2C(=O)N(CCCCCCN3C(=O)C(=Nc4c(C)n(C)n(-c5ccccc5)c4=O)c4ccc(F)cc43)c3cc(F)ccc32)c(=O)n(-c2ccccc2)n1C. The van der Waals surface area contributed by atoms with Crippen LogP contribution < -0.4 is 20.9 Å². The molecule has 58 heavy (non-hydrogen) atoms. The Morgan fingerprint density at radius 1 is 0.517 bits per heavy atom. The van der Waals surface area contributed by atoms with Gasteiger partial charge in [-0.1, -0.05) is 49.2 Å². The number of anilines is 2. The minimum atomic E-state index is -0.501. The Bertz CT molecular complexity index is 2610. The van der Waals surface area contributed by atoms with Gasteiger partial charge in [-0.3, -0.25) is 28.5 Å². The van der Waals surface area contributed by atoms with Gasteiger partial charge in [0.05, 0.1) is 34.1 Å². The van der Waals surface area contributed by atoms with E-state index in [9.17, 15) is 28.0 Å². The van der Waals surface area contributed by atoms with Crippen LogP contribution in [0.5, 0.6) is 0 Å². The molecule has 12 nitrogen and oxygen atoms in total. The summed E-state index contributed by atoms with van der Waals surface area (Å²) < 4.78 is 35.4. The third-order valence-electron chi connectivity index (χ3n) is 10.9. The fourth-order valence-corrected chi connectivity index (χ4v) is 7.70. The summed E-state index contributed by atoms with van der Waals surface area (Å²) in [6.45, 7) is 4.07. The molecular formula is C44H40F2N8O4. The third kappa shape index (κ3) is 6.49. The Morgan fingerprint density at radius 3 is 1.28 bits per heavy atom. The highest BCUT2D eigenvalue weighted by Gasteiger charge is 2.36. The third-order valence-corrected chi connectivity index (χ3v) is 10.9. The summed E-state index contributed by atoms with van der Waals surface area (Å²) in [5.41, 5.74) is 3.75. The van der Waals surface area contributed by atoms with Gasteiger partial charge >= 0.3 is 0 Å². The van der Waals surface area contributed by atoms with E-state index < -0.39 is 23.4 Å². The molecular weight excluding hydrogens is 743 g/mol. The molecule has 6 aromatic rings. The number of carbonyl (C=O) groups excluding carboxylic acids is 2. The van der Waals surface area contributed by atoms with Crippen molar-refractivity contribution in [2.45, 2.75) is 39.5 Å². The first-order chi connectivity index (χ1) is 28.0. The van der Waals surface area contributed by atoms with Gasteiger partial charge in [0.25, 0.3) is 22.9 Å². The second-order valence-corrected chi connectivity index (χ2v) is 14.4. The number of fused-ring (bicyclic) bond motifs is 2. The molecule has 14 heteroatoms. The summed E-state index contributed by atoms with van der Waals surface area (Å²) in [6, 6.07) is 26.4. The van der Waals surface area contributed by atoms with Gasteiger partial charge in [-0.05, 0) is 87.4 Å². The number of aromatic nitrogens is 4. The maximum absolute atomic E-state index is 14.5. The first-order valence-electron chi connectivity index (χ1n) is 19.0. The number of rotatable bonds is 11. The van der Waals surface area contributed by atoms with Gasteiger partial charge in [0.2, 0.25) is 0 Å². The molecule has 2 amide bonds. The second kappa shape index (κ2) is 15.2. The van der Waals surface area contributed by atoms with E-state index in [-0.39, 0.29) is 47.0 Å². The summed E-state index contributed by atoms with van der Waals surface area (Å²) >= 11 is 0. The lowest BCUT2D eigenvalue weighted by molar-refractivity contribution is -0.113. The van der Waals surface area contributed by atoms with Crippen LogP contribution in [0.4, 0.5) is 31.5 Å². The average Bonchev–Trinajstić information content (AvgIpc) is 3.79. The molecule has 2 aliphatic heterocycles. The Balaban J connectivity index is 0.959. The van der Waals surface area contributed by atoms with Crippen LogP contribution in [0.25, 0.3) is 11.4 Å². The number of hydrogen-bond donors (Lipinski definition) is 0. The van der Waals surface area contributed by atoms with Gasteiger partial charge in [-0.25, -0.2) is 28.1 Å². The number of amides is 2. The van der Waals surface area contributed by atoms with Crippen molar-refractivity contribution < 1.29 is 18.4 Å². The van der Waals surface area contributed by atoms with E-state index in [1.165, 1.54) is 55.6 Å². The lowest BCUT2D eigenvalue weighted by atomic mass is 10.1. The van der Waals surface area contributed by atoms with Gasteiger partial charge in [-0.2, -0.15) is 0 Å². The number of carbonyl (C=O) groups is 2. The zero-order valence-corrected chi connectivity index (χ0v) is 32.4. The molecule has 294 valence electrons. The van der Waals surface area contributed by atoms with Crippen molar-refractivity contribution in [2.24, 2.45) is 24.1 Å². The normalized spacial score (nSPS) is 15.0. The van der Waals surface area contributed by atoms with Crippen LogP contribution in [0, 0.1) is 25.5 Å². The molecule has 4 aromatic carbocycles. The second-order valence-electron chi connectivity index (χ2n) is 14.4. The monoisotopic (exact) mass is 782 g/mol. The molecule has 4 heterocycles. The number of aliphatic imine (C=N–C) groups is 2. The minimum absolute atomic E-state index is 0.0709. The zero-order valence-electron chi connectivity index (χ0n) is 32.4. The van der Waals surface area contributed by atoms with Crippen LogP contribution in [0.3, 0.4) is 0 Å². The molecule has 0 radical (unpaired) electrons. The Hall–Kier alpha value is -6.96. The predicted octanol–water partition coefficient (Wildman–Crippen LogP) is 6.76. The predicted molar refractivity (Wildman–Crippen MR) is 220 cm³/mol. The van der Waals surface area contributed by atoms with Crippen molar-refractivity contribution in [2.75, 3.05) is 22.9 Å². The topological polar surface area (TPSA) is 119 Å². The van der Waals surface area contributed by atoms with Crippen molar-refractivity contribution >= 4 is 46.0 Å². The van der Waals surface area contributed by atoms with Gasteiger partial charge in [0, 0.05) is 38.3 Å². The summed E-state index contributed by atoms with van der Waals surface area (Å²) in [5, 5.41) is 0. The standard InChI is InChI=1S/C44H40F2N8O4/c1-27-37(43(57)53(49(27)3)31-15-9-7-10-16-31)47-39-33-21-19-29(45)25-35(33)51(41(39)55)23-13-5-6-14-24-52-36-26-30(46)20-22-34(36)40(42(52)56)48-38-28(2)50(4)54(44(38)58)32-17-11-8-12-18-32/h7-12,15-22,25-26H,5-6,13-14,23-24H2,1-4H3. The Morgan fingerprint density at radius 2 is 0.897 bits per heavy atom. The highest BCUT2D eigenvalue weighted by Crippen LogP contribution is 2.34. The molecule has 0 N–H and O–H groups in total. The lowest BCUT2D eigenvalue weighted by Gasteiger charge is -2.18. The van der Waals surface area contributed by atoms with Gasteiger partial charge in [0.1, 0.15) is 23.1 Å². The number of halogens is 2. The van der Waals surface area contributed by atoms with Crippen LogP contribution in [0.1, 0.15) is 48.2 Å². The fraction of sp³-hybridized carbons (Fsp3) is 0.227. The Labute approximate surface area is 332 Å². The number of nitrogens with zero attached hydrogens (tertiary/aromatic N) is 8. The molecule has 0 bridgehead atoms. The molecule has 0 unspecified atom stereocenters. The van der Waals surface area contributed by atoms with E-state index in [0.717, 1.165) is 0 Å². The first kappa shape index (κ1) is 37.9. The molecule has 0 atom stereocenters. The summed E-state index contributed by atoms with van der Waals surface area (Å²) in [7, 11) is 3.50. The maximum atomic E-state index is 14.5. The molecule has 0 saturated heterocycles. The first-order valence-corrected chi connectivity index (χ1v) is 19.0. The molecule has 0 spiro atoms. The number of hydrogen-bond acceptors (Lipinski definition) is 6. The fourth-order valence-electron chi connectivity index (χ4n) is 7.70. The van der Waals surface area contributed by atoms with E-state index in [2.05, 4.69) is 9.98 Å². The summed E-state index contributed by atoms with van der Waals surface area (Å²) in [5.74, 6) is -1.85. The van der Waals surface area contributed by atoms with E-state index in [1.54, 1.807) is 37.3 Å². The quantitative estimate of drug-likeness (QED) is 0.135. The molecule has 0 fully saturated rings. The van der Waals surface area contributed by atoms with E-state index in [4.69, 9.17) is 0 Å². The van der Waals surface area contributed by atoms with Crippen molar-refractivity contribution in [1.82, 2.24) is 18.7 Å². The maximum Gasteiger partial charge on any atom is 0.297 e. The van der Waals surface area contributed by atoms with E-state index in [0.29, 0.717) is 70.9 Å². The number of benzene rings is 4. The number of para-hydroxylation sites is 2. The molecule has 8 rings (SSSR count). The van der Waals surface area contributed by atoms with Crippen LogP contribution in [0.2, 0.25) is 0 Å². The van der Waals surface area contributed by atoms with Crippen LogP contribution in [-0.4, -0.2) is 55.1 Å². The van der Waals surface area contributed by atoms with Crippen molar-refractivity contribution in [1.29, 1.82) is 0 Å². The number of unbranched alkanes of at least 4 members (excludes halogenated alkanes) is 3. The van der Waals surface area contributed by atoms with Crippen LogP contribution in [0.15, 0.2) is 117 Å². The molecule has 0 saturated carbocycles. The molecule has 2 aromatic heterocycles.